The number of ether oxygens (including phenoxy) is 2. The summed E-state index contributed by atoms with van der Waals surface area (Å²) in [5.41, 5.74) is 0.794. The van der Waals surface area contributed by atoms with E-state index >= 15 is 0 Å². The first-order valence-corrected chi connectivity index (χ1v) is 6.09. The largest absolute Gasteiger partial charge is 0.495 e. The second kappa shape index (κ2) is 5.81. The Morgan fingerprint density at radius 2 is 1.88 bits per heavy atom. The summed E-state index contributed by atoms with van der Waals surface area (Å²) in [6.07, 6.45) is 1.04. The van der Waals surface area contributed by atoms with E-state index in [4.69, 9.17) is 9.47 Å². The first kappa shape index (κ1) is 13.7. The minimum atomic E-state index is -0.510. The summed E-state index contributed by atoms with van der Waals surface area (Å²) in [7, 11) is 2.14. The molecule has 0 aromatic heterocycles. The number of hydrogen-bond acceptors (Lipinski definition) is 2. The lowest BCUT2D eigenvalue weighted by Crippen LogP contribution is -2.31. The number of hydrogen-bond donors (Lipinski definition) is 0. The van der Waals surface area contributed by atoms with Crippen molar-refractivity contribution in [3.63, 3.8) is 0 Å². The van der Waals surface area contributed by atoms with E-state index in [1.54, 1.807) is 0 Å². The minimum absolute atomic E-state index is 0.510. The van der Waals surface area contributed by atoms with Crippen molar-refractivity contribution < 1.29 is 9.47 Å². The van der Waals surface area contributed by atoms with Gasteiger partial charge in [-0.25, -0.2) is 0 Å². The van der Waals surface area contributed by atoms with Gasteiger partial charge in [-0.1, -0.05) is 30.6 Å². The van der Waals surface area contributed by atoms with Gasteiger partial charge in [-0.2, -0.15) is 0 Å². The highest BCUT2D eigenvalue weighted by Gasteiger charge is 2.25. The van der Waals surface area contributed by atoms with E-state index in [0.717, 1.165) is 12.1 Å². The van der Waals surface area contributed by atoms with E-state index in [0.29, 0.717) is 12.4 Å². The summed E-state index contributed by atoms with van der Waals surface area (Å²) in [6, 6.07) is 8.13. The maximum Gasteiger partial charge on any atom is 0.159 e. The molecule has 1 aromatic carbocycles. The van der Waals surface area contributed by atoms with Gasteiger partial charge >= 0.3 is 0 Å². The molecule has 2 nitrogen and oxygen atoms in total. The smallest absolute Gasteiger partial charge is 0.159 e. The second-order valence-electron chi connectivity index (χ2n) is 4.47. The van der Waals surface area contributed by atoms with Crippen LogP contribution in [0.2, 0.25) is 0 Å². The minimum Gasteiger partial charge on any atom is -0.495 e. The average Bonchev–Trinajstić information content (AvgIpc) is 2.30. The lowest BCUT2D eigenvalue weighted by molar-refractivity contribution is 0.0643. The van der Waals surface area contributed by atoms with Gasteiger partial charge < -0.3 is 9.47 Å². The predicted octanol–water partition coefficient (Wildman–Crippen LogP) is 2.53. The van der Waals surface area contributed by atoms with E-state index in [-0.39, 0.29) is 0 Å². The van der Waals surface area contributed by atoms with E-state index < -0.39 is 5.60 Å². The van der Waals surface area contributed by atoms with Gasteiger partial charge in [0.15, 0.2) is 5.60 Å². The molecule has 0 atom stereocenters. The molecule has 1 aromatic rings. The predicted molar refractivity (Wildman–Crippen MR) is 74.2 cm³/mol. The van der Waals surface area contributed by atoms with Gasteiger partial charge in [0.25, 0.3) is 0 Å². The van der Waals surface area contributed by atoms with Crippen molar-refractivity contribution in [2.75, 3.05) is 6.61 Å². The lowest BCUT2D eigenvalue weighted by atomic mass is 9.97. The van der Waals surface area contributed by atoms with Crippen molar-refractivity contribution in [2.45, 2.75) is 32.7 Å². The Kier molecular flexibility index (Phi) is 4.67. The molecule has 0 radical (unpaired) electrons. The van der Waals surface area contributed by atoms with Crippen LogP contribution in [-0.4, -0.2) is 20.1 Å². The lowest BCUT2D eigenvalue weighted by Gasteiger charge is -2.28. The third-order valence-electron chi connectivity index (χ3n) is 2.69. The summed E-state index contributed by atoms with van der Waals surface area (Å²) < 4.78 is 11.3. The van der Waals surface area contributed by atoms with Crippen LogP contribution in [0.5, 0.6) is 5.75 Å². The Balaban J connectivity index is 2.71. The Morgan fingerprint density at radius 1 is 1.29 bits per heavy atom. The van der Waals surface area contributed by atoms with E-state index in [9.17, 15) is 0 Å². The van der Waals surface area contributed by atoms with Gasteiger partial charge in [-0.3, -0.25) is 0 Å². The molecule has 0 aliphatic heterocycles. The molecule has 0 N–H and O–H groups in total. The highest BCUT2D eigenvalue weighted by Crippen LogP contribution is 2.24. The summed E-state index contributed by atoms with van der Waals surface area (Å²) in [5, 5.41) is 0. The highest BCUT2D eigenvalue weighted by atomic mass is 16.5. The Morgan fingerprint density at radius 3 is 2.35 bits per heavy atom. The van der Waals surface area contributed by atoms with Crippen molar-refractivity contribution in [2.24, 2.45) is 0 Å². The molecule has 0 aliphatic carbocycles. The molecule has 0 fully saturated rings. The van der Waals surface area contributed by atoms with Crippen LogP contribution < -0.4 is 4.74 Å². The van der Waals surface area contributed by atoms with Gasteiger partial charge in [0, 0.05) is 0 Å². The van der Waals surface area contributed by atoms with E-state index in [2.05, 4.69) is 26.6 Å². The Bertz CT molecular complexity index is 368. The fourth-order valence-electron chi connectivity index (χ4n) is 1.49. The topological polar surface area (TPSA) is 18.5 Å². The molecule has 0 unspecified atom stereocenters. The normalized spacial score (nSPS) is 11.0. The summed E-state index contributed by atoms with van der Waals surface area (Å²) in [5.74, 6) is 1.49. The molecule has 0 spiro atoms. The van der Waals surface area contributed by atoms with Crippen molar-refractivity contribution in [1.29, 1.82) is 0 Å². The van der Waals surface area contributed by atoms with Crippen molar-refractivity contribution in [3.05, 3.63) is 42.2 Å². The molecule has 0 saturated carbocycles. The zero-order chi connectivity index (χ0) is 12.9. The van der Waals surface area contributed by atoms with Crippen LogP contribution >= 0.6 is 0 Å². The van der Waals surface area contributed by atoms with Crippen LogP contribution in [0.1, 0.15) is 26.3 Å². The third kappa shape index (κ3) is 3.84. The molecular formula is C14H21BO2. The van der Waals surface area contributed by atoms with E-state index in [1.165, 1.54) is 5.56 Å². The average molecular weight is 232 g/mol. The van der Waals surface area contributed by atoms with Gasteiger partial charge in [0.1, 0.15) is 19.4 Å². The van der Waals surface area contributed by atoms with Crippen LogP contribution in [0.15, 0.2) is 36.6 Å². The molecule has 0 heterocycles. The molecule has 1 rings (SSSR count). The molecule has 3 heteroatoms. The van der Waals surface area contributed by atoms with Crippen molar-refractivity contribution in [1.82, 2.24) is 0 Å². The monoisotopic (exact) mass is 232 g/mol. The number of rotatable bonds is 6. The maximum absolute atomic E-state index is 5.89. The van der Waals surface area contributed by atoms with Crippen LogP contribution in [0, 0.1) is 0 Å². The summed E-state index contributed by atoms with van der Waals surface area (Å²) in [4.78, 5) is 0. The van der Waals surface area contributed by atoms with Crippen LogP contribution in [0.3, 0.4) is 0 Å². The van der Waals surface area contributed by atoms with E-state index in [1.807, 2.05) is 32.9 Å². The van der Waals surface area contributed by atoms with Crippen molar-refractivity contribution >= 4 is 7.85 Å². The second-order valence-corrected chi connectivity index (χ2v) is 4.47. The van der Waals surface area contributed by atoms with Crippen LogP contribution in [0.4, 0.5) is 0 Å². The molecular weight excluding hydrogens is 211 g/mol. The highest BCUT2D eigenvalue weighted by molar-refractivity contribution is 6.08. The maximum atomic E-state index is 5.89. The number of benzene rings is 1. The first-order chi connectivity index (χ1) is 7.99. The first-order valence-electron chi connectivity index (χ1n) is 6.09. The van der Waals surface area contributed by atoms with Crippen LogP contribution in [-0.2, 0) is 11.1 Å². The molecule has 92 valence electrons. The van der Waals surface area contributed by atoms with Crippen LogP contribution in [0.25, 0.3) is 0 Å². The fraction of sp³-hybridized carbons (Fsp3) is 0.429. The van der Waals surface area contributed by atoms with Gasteiger partial charge in [0.05, 0.1) is 6.61 Å². The Labute approximate surface area is 105 Å². The fourth-order valence-corrected chi connectivity index (χ4v) is 1.49. The molecule has 0 bridgehead atoms. The molecule has 0 aliphatic rings. The van der Waals surface area contributed by atoms with Gasteiger partial charge in [-0.15, -0.1) is 0 Å². The standard InChI is InChI=1S/C14H21BO2/c1-5-16-11(2)14(3,4)17-13-8-6-12(10-15)7-9-13/h6-9H,2,5,10,15H2,1,3-4H3. The Hall–Kier alpha value is -1.38. The van der Waals surface area contributed by atoms with Gasteiger partial charge in [-0.05, 0) is 32.9 Å². The summed E-state index contributed by atoms with van der Waals surface area (Å²) >= 11 is 0. The zero-order valence-corrected chi connectivity index (χ0v) is 11.2. The molecule has 0 saturated heterocycles. The molecule has 0 amide bonds. The SMILES string of the molecule is BCc1ccc(OC(C)(C)C(=C)OCC)cc1. The third-order valence-corrected chi connectivity index (χ3v) is 2.69. The van der Waals surface area contributed by atoms with Crippen molar-refractivity contribution in [3.8, 4) is 5.75 Å². The van der Waals surface area contributed by atoms with Gasteiger partial charge in [0.2, 0.25) is 0 Å². The zero-order valence-electron chi connectivity index (χ0n) is 11.2. The summed E-state index contributed by atoms with van der Waals surface area (Å²) in [6.45, 7) is 10.4. The molecule has 17 heavy (non-hydrogen) atoms. The quantitative estimate of drug-likeness (QED) is 0.554.